The maximum Gasteiger partial charge on any atom is 0.633 e. The van der Waals surface area contributed by atoms with Gasteiger partial charge in [-0.1, -0.05) is 24.3 Å². The van der Waals surface area contributed by atoms with Gasteiger partial charge in [0.1, 0.15) is 5.82 Å². The lowest BCUT2D eigenvalue weighted by Crippen LogP contribution is -2.45. The van der Waals surface area contributed by atoms with Crippen molar-refractivity contribution in [1.29, 1.82) is 0 Å². The molecule has 0 amide bonds. The van der Waals surface area contributed by atoms with Gasteiger partial charge in [-0.15, -0.1) is 0 Å². The molecule has 20 heteroatoms. The van der Waals surface area contributed by atoms with Crippen LogP contribution in [0.2, 0.25) is 0 Å². The second kappa shape index (κ2) is 12.1. The van der Waals surface area contributed by atoms with E-state index < -0.39 is 151 Å². The zero-order valence-corrected chi connectivity index (χ0v) is 23.8. The van der Waals surface area contributed by atoms with Gasteiger partial charge in [0.2, 0.25) is 34.9 Å². The van der Waals surface area contributed by atoms with Gasteiger partial charge >= 0.3 is 13.0 Å². The van der Waals surface area contributed by atoms with Gasteiger partial charge in [-0.3, -0.25) is 0 Å². The van der Waals surface area contributed by atoms with Gasteiger partial charge in [-0.05, 0) is 11.6 Å². The Balaban J connectivity index is 1.67. The van der Waals surface area contributed by atoms with E-state index in [0.29, 0.717) is 12.1 Å². The summed E-state index contributed by atoms with van der Waals surface area (Å²) in [5.74, 6) is -49.3. The highest BCUT2D eigenvalue weighted by Gasteiger charge is 2.56. The first-order valence-corrected chi connectivity index (χ1v) is 13.4. The van der Waals surface area contributed by atoms with Crippen molar-refractivity contribution in [3.8, 4) is 33.8 Å². The average molecular weight is 744 g/mol. The summed E-state index contributed by atoms with van der Waals surface area (Å²) in [5, 5.41) is 0. The molecule has 264 valence electrons. The normalized spacial score (nSPS) is 13.0. The Morgan fingerprint density at radius 2 is 0.882 bits per heavy atom. The zero-order chi connectivity index (χ0) is 37.6. The van der Waals surface area contributed by atoms with E-state index in [-0.39, 0.29) is 12.1 Å². The largest absolute Gasteiger partial charge is 0.633 e. The second-order valence-corrected chi connectivity index (χ2v) is 10.4. The summed E-state index contributed by atoms with van der Waals surface area (Å²) in [6.45, 7) is 0. The van der Waals surface area contributed by atoms with Crippen molar-refractivity contribution >= 4 is 12.6 Å². The quantitative estimate of drug-likeness (QED) is 0.0747. The third-order valence-corrected chi connectivity index (χ3v) is 7.54. The van der Waals surface area contributed by atoms with E-state index >= 15 is 17.6 Å². The van der Waals surface area contributed by atoms with Crippen LogP contribution in [-0.2, 0) is 5.92 Å². The smallest absolute Gasteiger partial charge is 0.519 e. The van der Waals surface area contributed by atoms with Crippen LogP contribution >= 0.6 is 0 Å². The van der Waals surface area contributed by atoms with E-state index in [2.05, 4.69) is 0 Å². The number of rotatable bonds is 6. The summed E-state index contributed by atoms with van der Waals surface area (Å²) in [6, 6.07) is 3.37. The molecule has 0 unspecified atom stereocenters. The molecule has 0 spiro atoms. The number of alkyl halides is 2. The highest BCUT2D eigenvalue weighted by molar-refractivity contribution is 6.64. The monoisotopic (exact) mass is 744 g/mol. The minimum absolute atomic E-state index is 0.0183. The van der Waals surface area contributed by atoms with Gasteiger partial charge in [0.05, 0.1) is 11.1 Å². The maximum absolute atomic E-state index is 15.8. The molecule has 5 aromatic carbocycles. The van der Waals surface area contributed by atoms with Crippen LogP contribution in [0.25, 0.3) is 22.3 Å². The molecule has 1 aliphatic rings. The molecule has 0 atom stereocenters. The van der Waals surface area contributed by atoms with E-state index in [4.69, 9.17) is 9.31 Å². The molecule has 0 saturated carbocycles. The van der Waals surface area contributed by atoms with Crippen molar-refractivity contribution < 1.29 is 83.9 Å². The van der Waals surface area contributed by atoms with Crippen molar-refractivity contribution in [3.63, 3.8) is 0 Å². The predicted octanol–water partition coefficient (Wildman–Crippen LogP) is 9.41. The van der Waals surface area contributed by atoms with Crippen LogP contribution in [0.3, 0.4) is 0 Å². The summed E-state index contributed by atoms with van der Waals surface area (Å²) >= 11 is 0. The fourth-order valence-electron chi connectivity index (χ4n) is 5.32. The molecule has 0 N–H and O–H groups in total. The number of fused-ring (bicyclic) bond motifs is 3. The topological polar surface area (TPSA) is 18.5 Å². The van der Waals surface area contributed by atoms with Crippen LogP contribution in [0.1, 0.15) is 11.1 Å². The fourth-order valence-corrected chi connectivity index (χ4v) is 5.32. The molecule has 2 nitrogen and oxygen atoms in total. The minimum Gasteiger partial charge on any atom is -0.519 e. The lowest BCUT2D eigenvalue weighted by Gasteiger charge is -2.24. The highest BCUT2D eigenvalue weighted by atomic mass is 19.3. The van der Waals surface area contributed by atoms with E-state index in [1.807, 2.05) is 0 Å². The lowest BCUT2D eigenvalue weighted by atomic mass is 9.73. The van der Waals surface area contributed by atoms with Crippen molar-refractivity contribution in [2.75, 3.05) is 0 Å². The van der Waals surface area contributed by atoms with Crippen LogP contribution < -0.4 is 14.8 Å². The highest BCUT2D eigenvalue weighted by Crippen LogP contribution is 2.58. The number of halogens is 17. The van der Waals surface area contributed by atoms with Crippen molar-refractivity contribution in [1.82, 2.24) is 0 Å². The molecule has 1 aliphatic carbocycles. The molecular weight excluding hydrogens is 738 g/mol. The summed E-state index contributed by atoms with van der Waals surface area (Å²) in [4.78, 5) is 0. The summed E-state index contributed by atoms with van der Waals surface area (Å²) in [5.41, 5.74) is -12.6. The SMILES string of the molecule is Fc1cc(F)c(F)c(-c2ccccc2B(Oc2c(F)c(F)c(F)c(F)c2F)Oc2c(F)c(F)c(F)c3c2C(F)(F)c2c(F)c(F)c(F)c(F)c2-3)c1. The first-order valence-electron chi connectivity index (χ1n) is 13.4. The van der Waals surface area contributed by atoms with Gasteiger partial charge in [0, 0.05) is 28.2 Å². The van der Waals surface area contributed by atoms with Crippen molar-refractivity contribution in [2.24, 2.45) is 0 Å². The molecule has 51 heavy (non-hydrogen) atoms. The van der Waals surface area contributed by atoms with Crippen LogP contribution in [0.4, 0.5) is 74.6 Å². The van der Waals surface area contributed by atoms with Gasteiger partial charge in [-0.25, -0.2) is 52.7 Å². The molecule has 0 heterocycles. The summed E-state index contributed by atoms with van der Waals surface area (Å²) < 4.78 is 259. The van der Waals surface area contributed by atoms with Gasteiger partial charge in [-0.2, -0.15) is 22.0 Å². The second-order valence-electron chi connectivity index (χ2n) is 10.4. The van der Waals surface area contributed by atoms with E-state index in [9.17, 15) is 57.1 Å². The fraction of sp³-hybridized carbons (Fsp3) is 0.0323. The minimum atomic E-state index is -5.42. The molecule has 0 saturated heterocycles. The number of hydrogen-bond acceptors (Lipinski definition) is 2. The molecule has 0 fully saturated rings. The van der Waals surface area contributed by atoms with Crippen LogP contribution in [0.5, 0.6) is 11.5 Å². The number of benzene rings is 5. The summed E-state index contributed by atoms with van der Waals surface area (Å²) in [6.07, 6.45) is 0. The Hall–Kier alpha value is -5.43. The van der Waals surface area contributed by atoms with Crippen molar-refractivity contribution in [3.05, 3.63) is 135 Å². The van der Waals surface area contributed by atoms with E-state index in [1.165, 1.54) is 0 Å². The van der Waals surface area contributed by atoms with Crippen LogP contribution in [0, 0.1) is 87.3 Å². The van der Waals surface area contributed by atoms with E-state index in [0.717, 1.165) is 12.1 Å². The molecule has 0 bridgehead atoms. The Kier molecular flexibility index (Phi) is 8.41. The Morgan fingerprint density at radius 3 is 1.49 bits per heavy atom. The van der Waals surface area contributed by atoms with Crippen LogP contribution in [-0.4, -0.2) is 7.12 Å². The van der Waals surface area contributed by atoms with Gasteiger partial charge in [0.15, 0.2) is 58.0 Å². The molecule has 0 aliphatic heterocycles. The van der Waals surface area contributed by atoms with Gasteiger partial charge < -0.3 is 9.31 Å². The third-order valence-electron chi connectivity index (χ3n) is 7.54. The lowest BCUT2D eigenvalue weighted by molar-refractivity contribution is 0.0404. The maximum atomic E-state index is 15.8. The Labute approximate surface area is 271 Å². The standard InChI is InChI=1S/C31H6BF17O2/c33-7-5-9(16(35)11(34)6-7)8-3-1-2-4-10(8)32(51-30-27(46)24(43)23(42)25(44)28(30)47)50-29-15-13(18(37)21(40)26(29)45)12-14(31(15,48)49)19(38)22(41)20(39)17(12)36/h1-6H. The van der Waals surface area contributed by atoms with Gasteiger partial charge in [0.25, 0.3) is 0 Å². The first-order chi connectivity index (χ1) is 23.8. The molecule has 0 radical (unpaired) electrons. The molecule has 5 aromatic rings. The van der Waals surface area contributed by atoms with Crippen molar-refractivity contribution in [2.45, 2.75) is 5.92 Å². The zero-order valence-electron chi connectivity index (χ0n) is 23.8. The number of hydrogen-bond donors (Lipinski definition) is 0. The first kappa shape index (κ1) is 35.4. The van der Waals surface area contributed by atoms with Crippen LogP contribution in [0.15, 0.2) is 36.4 Å². The Bertz CT molecular complexity index is 2300. The Morgan fingerprint density at radius 1 is 0.431 bits per heavy atom. The molecule has 0 aromatic heterocycles. The molecule has 6 rings (SSSR count). The van der Waals surface area contributed by atoms with E-state index in [1.54, 1.807) is 0 Å². The average Bonchev–Trinajstić information content (AvgIpc) is 3.35. The third kappa shape index (κ3) is 5.12. The molecular formula is C31H6BF17O2. The predicted molar refractivity (Wildman–Crippen MR) is 139 cm³/mol. The summed E-state index contributed by atoms with van der Waals surface area (Å²) in [7, 11) is -3.24.